The van der Waals surface area contributed by atoms with Gasteiger partial charge in [-0.15, -0.1) is 0 Å². The summed E-state index contributed by atoms with van der Waals surface area (Å²) in [5.74, 6) is 1.01. The number of fused-ring (bicyclic) bond motifs is 2. The van der Waals surface area contributed by atoms with Gasteiger partial charge in [0.25, 0.3) is 0 Å². The summed E-state index contributed by atoms with van der Waals surface area (Å²) in [5.41, 5.74) is 17.3. The van der Waals surface area contributed by atoms with Gasteiger partial charge in [0.1, 0.15) is 18.0 Å². The Bertz CT molecular complexity index is 1330. The zero-order chi connectivity index (χ0) is 25.8. The van der Waals surface area contributed by atoms with E-state index >= 15 is 0 Å². The van der Waals surface area contributed by atoms with Crippen molar-refractivity contribution in [2.75, 3.05) is 25.5 Å². The second-order valence-electron chi connectivity index (χ2n) is 9.21. The number of methoxy groups -OCH3 is 1. The zero-order valence-electron chi connectivity index (χ0n) is 20.7. The Labute approximate surface area is 215 Å². The van der Waals surface area contributed by atoms with Crippen LogP contribution in [-0.4, -0.2) is 65.8 Å². The van der Waals surface area contributed by atoms with Crippen LogP contribution in [0.15, 0.2) is 81.5 Å². The molecule has 2 aromatic rings. The monoisotopic (exact) mass is 498 g/mol. The Hall–Kier alpha value is -4.15. The summed E-state index contributed by atoms with van der Waals surface area (Å²) in [7, 11) is 1.64. The minimum atomic E-state index is -0.283. The number of aliphatic imine (C=N–C) groups is 3. The number of benzene rings is 1. The van der Waals surface area contributed by atoms with Crippen molar-refractivity contribution in [3.05, 3.63) is 83.2 Å². The van der Waals surface area contributed by atoms with E-state index in [1.54, 1.807) is 25.6 Å². The lowest BCUT2D eigenvalue weighted by atomic mass is 9.95. The van der Waals surface area contributed by atoms with E-state index in [4.69, 9.17) is 16.2 Å². The maximum absolute atomic E-state index is 12.5. The third-order valence-electron chi connectivity index (χ3n) is 6.54. The SMILES string of the molecule is COC1C=CC=C2C(N=C(N)CN3CCc4ccc(CC(=O)Nc5cccnc5)cc4C3)=NC(N)=NC21. The number of carbonyl (C=O) groups is 1. The Morgan fingerprint density at radius 2 is 2.19 bits per heavy atom. The number of pyridine rings is 1. The predicted octanol–water partition coefficient (Wildman–Crippen LogP) is 1.58. The molecule has 2 unspecified atom stereocenters. The van der Waals surface area contributed by atoms with Gasteiger partial charge in [-0.3, -0.25) is 14.7 Å². The Kier molecular flexibility index (Phi) is 7.20. The molecule has 10 nitrogen and oxygen atoms in total. The Morgan fingerprint density at radius 3 is 3.00 bits per heavy atom. The van der Waals surface area contributed by atoms with Crippen LogP contribution in [-0.2, 0) is 28.9 Å². The number of guanidine groups is 1. The maximum atomic E-state index is 12.5. The number of allylic oxidation sites excluding steroid dienone is 2. The number of nitrogens with zero attached hydrogens (tertiary/aromatic N) is 5. The molecule has 5 rings (SSSR count). The molecule has 0 saturated heterocycles. The molecule has 190 valence electrons. The summed E-state index contributed by atoms with van der Waals surface area (Å²) in [6, 6.07) is 9.57. The van der Waals surface area contributed by atoms with Crippen LogP contribution in [0.2, 0.25) is 0 Å². The van der Waals surface area contributed by atoms with Gasteiger partial charge >= 0.3 is 0 Å². The van der Waals surface area contributed by atoms with Crippen LogP contribution in [0.4, 0.5) is 5.69 Å². The van der Waals surface area contributed by atoms with Crippen molar-refractivity contribution < 1.29 is 9.53 Å². The molecule has 0 radical (unpaired) electrons. The topological polar surface area (TPSA) is 144 Å². The molecule has 2 atom stereocenters. The van der Waals surface area contributed by atoms with Crippen LogP contribution in [0, 0.1) is 0 Å². The van der Waals surface area contributed by atoms with Crippen LogP contribution in [0.3, 0.4) is 0 Å². The van der Waals surface area contributed by atoms with Gasteiger partial charge in [-0.2, -0.15) is 4.99 Å². The minimum absolute atomic E-state index is 0.0751. The highest BCUT2D eigenvalue weighted by atomic mass is 16.5. The molecule has 10 heteroatoms. The normalized spacial score (nSPS) is 21.3. The van der Waals surface area contributed by atoms with Crippen molar-refractivity contribution in [1.82, 2.24) is 9.88 Å². The van der Waals surface area contributed by atoms with E-state index in [1.807, 2.05) is 30.4 Å². The van der Waals surface area contributed by atoms with E-state index in [-0.39, 0.29) is 24.0 Å². The number of ether oxygens (including phenoxy) is 1. The summed E-state index contributed by atoms with van der Waals surface area (Å²) >= 11 is 0. The molecule has 0 fully saturated rings. The Balaban J connectivity index is 1.24. The van der Waals surface area contributed by atoms with Gasteiger partial charge in [-0.05, 0) is 35.2 Å². The standard InChI is InChI=1S/C27H30N8O2/c1-37-22-6-2-5-21-25(22)33-27(29)34-26(21)32-23(28)16-35-11-9-18-8-7-17(12-19(18)15-35)13-24(36)31-20-4-3-10-30-14-20/h2-8,10,12,14,22,25H,9,11,13,15-16H2,1H3,(H,31,36)(H4,28,29,32,33,34). The van der Waals surface area contributed by atoms with Crippen molar-refractivity contribution in [3.63, 3.8) is 0 Å². The average molecular weight is 499 g/mol. The van der Waals surface area contributed by atoms with Crippen LogP contribution in [0.5, 0.6) is 0 Å². The number of carbonyl (C=O) groups excluding carboxylic acids is 1. The average Bonchev–Trinajstić information content (AvgIpc) is 2.88. The van der Waals surface area contributed by atoms with Crippen molar-refractivity contribution in [1.29, 1.82) is 0 Å². The number of anilines is 1. The van der Waals surface area contributed by atoms with Crippen LogP contribution in [0.1, 0.15) is 16.7 Å². The van der Waals surface area contributed by atoms with E-state index in [1.165, 1.54) is 11.1 Å². The summed E-state index contributed by atoms with van der Waals surface area (Å²) in [6.45, 7) is 2.07. The molecule has 0 spiro atoms. The van der Waals surface area contributed by atoms with Crippen molar-refractivity contribution in [3.8, 4) is 0 Å². The van der Waals surface area contributed by atoms with E-state index in [0.717, 1.165) is 30.6 Å². The lowest BCUT2D eigenvalue weighted by Crippen LogP contribution is -2.40. The first-order valence-corrected chi connectivity index (χ1v) is 12.2. The number of aromatic nitrogens is 1. The first-order chi connectivity index (χ1) is 18.0. The van der Waals surface area contributed by atoms with E-state index in [9.17, 15) is 4.79 Å². The van der Waals surface area contributed by atoms with Gasteiger partial charge in [0, 0.05) is 32.0 Å². The first kappa shape index (κ1) is 24.5. The molecule has 0 saturated carbocycles. The van der Waals surface area contributed by atoms with Crippen LogP contribution >= 0.6 is 0 Å². The highest BCUT2D eigenvalue weighted by molar-refractivity contribution is 6.13. The van der Waals surface area contributed by atoms with Crippen LogP contribution in [0.25, 0.3) is 0 Å². The van der Waals surface area contributed by atoms with Crippen molar-refractivity contribution in [2.45, 2.75) is 31.5 Å². The fraction of sp³-hybridized carbons (Fsp3) is 0.296. The fourth-order valence-electron chi connectivity index (χ4n) is 4.78. The molecule has 5 N–H and O–H groups in total. The van der Waals surface area contributed by atoms with E-state index < -0.39 is 0 Å². The molecular formula is C27H30N8O2. The second kappa shape index (κ2) is 10.9. The smallest absolute Gasteiger partial charge is 0.228 e. The zero-order valence-corrected chi connectivity index (χ0v) is 20.7. The van der Waals surface area contributed by atoms with Crippen molar-refractivity contribution >= 4 is 29.2 Å². The largest absolute Gasteiger partial charge is 0.386 e. The first-order valence-electron chi connectivity index (χ1n) is 12.2. The van der Waals surface area contributed by atoms with Gasteiger partial charge in [0.15, 0.2) is 5.84 Å². The second-order valence-corrected chi connectivity index (χ2v) is 9.21. The number of amides is 1. The highest BCUT2D eigenvalue weighted by Crippen LogP contribution is 2.25. The number of hydrogen-bond acceptors (Lipinski definition) is 8. The summed E-state index contributed by atoms with van der Waals surface area (Å²) < 4.78 is 5.52. The summed E-state index contributed by atoms with van der Waals surface area (Å²) in [6.07, 6.45) is 10.0. The van der Waals surface area contributed by atoms with E-state index in [0.29, 0.717) is 30.3 Å². The van der Waals surface area contributed by atoms with Crippen molar-refractivity contribution in [2.24, 2.45) is 26.4 Å². The molecule has 3 heterocycles. The Morgan fingerprint density at radius 1 is 1.30 bits per heavy atom. The quantitative estimate of drug-likeness (QED) is 0.408. The third-order valence-corrected chi connectivity index (χ3v) is 6.54. The molecule has 37 heavy (non-hydrogen) atoms. The minimum Gasteiger partial charge on any atom is -0.386 e. The third kappa shape index (κ3) is 5.82. The number of nitrogens with two attached hydrogens (primary N) is 2. The highest BCUT2D eigenvalue weighted by Gasteiger charge is 2.31. The molecule has 1 aromatic heterocycles. The van der Waals surface area contributed by atoms with Gasteiger partial charge < -0.3 is 21.5 Å². The number of hydrogen-bond donors (Lipinski definition) is 3. The maximum Gasteiger partial charge on any atom is 0.228 e. The molecule has 1 aliphatic carbocycles. The number of amidine groups is 2. The molecule has 0 bridgehead atoms. The van der Waals surface area contributed by atoms with Gasteiger partial charge in [-0.25, -0.2) is 9.98 Å². The molecule has 1 aromatic carbocycles. The fourth-order valence-corrected chi connectivity index (χ4v) is 4.78. The number of rotatable bonds is 6. The van der Waals surface area contributed by atoms with Gasteiger partial charge in [-0.1, -0.05) is 36.4 Å². The van der Waals surface area contributed by atoms with Gasteiger partial charge in [0.2, 0.25) is 11.9 Å². The summed E-state index contributed by atoms with van der Waals surface area (Å²) in [4.78, 5) is 32.1. The molecule has 1 amide bonds. The van der Waals surface area contributed by atoms with Crippen LogP contribution < -0.4 is 16.8 Å². The lowest BCUT2D eigenvalue weighted by molar-refractivity contribution is -0.115. The lowest BCUT2D eigenvalue weighted by Gasteiger charge is -2.29. The number of nitrogens with one attached hydrogen (secondary N) is 1. The van der Waals surface area contributed by atoms with Gasteiger partial charge in [0.05, 0.1) is 24.8 Å². The molecular weight excluding hydrogens is 468 g/mol. The predicted molar refractivity (Wildman–Crippen MR) is 144 cm³/mol. The summed E-state index contributed by atoms with van der Waals surface area (Å²) in [5, 5.41) is 2.88. The van der Waals surface area contributed by atoms with E-state index in [2.05, 4.69) is 42.3 Å². The molecule has 3 aliphatic rings. The molecule has 2 aliphatic heterocycles.